The number of halogens is 1. The lowest BCUT2D eigenvalue weighted by molar-refractivity contribution is 0.212. The Balaban J connectivity index is 0.00000156. The Morgan fingerprint density at radius 2 is 1.74 bits per heavy atom. The van der Waals surface area contributed by atoms with Crippen LogP contribution in [0, 0.1) is 11.8 Å². The second-order valence-corrected chi connectivity index (χ2v) is 8.61. The Morgan fingerprint density at radius 1 is 1.00 bits per heavy atom. The van der Waals surface area contributed by atoms with Crippen LogP contribution in [-0.4, -0.2) is 49.8 Å². The molecule has 0 amide bonds. The van der Waals surface area contributed by atoms with Gasteiger partial charge in [-0.15, -0.1) is 12.4 Å². The maximum atomic E-state index is 13.0. The molecule has 23 heavy (non-hydrogen) atoms. The van der Waals surface area contributed by atoms with Gasteiger partial charge in [0, 0.05) is 26.2 Å². The van der Waals surface area contributed by atoms with Crippen molar-refractivity contribution < 1.29 is 8.42 Å². The Labute approximate surface area is 144 Å². The monoisotopic (exact) mass is 357 g/mol. The summed E-state index contributed by atoms with van der Waals surface area (Å²) in [6.45, 7) is 4.47. The van der Waals surface area contributed by atoms with Crippen LogP contribution in [-0.2, 0) is 23.2 Å². The van der Waals surface area contributed by atoms with Crippen LogP contribution in [0.25, 0.3) is 0 Å². The van der Waals surface area contributed by atoms with Crippen LogP contribution in [0.2, 0.25) is 0 Å². The summed E-state index contributed by atoms with van der Waals surface area (Å²) in [5, 5.41) is 3.39. The standard InChI is InChI=1S/C16H23N3O2S.ClH/c20-22(21,19-8-6-14-9-17-10-16(14)12-19)18-7-5-13-3-1-2-4-15(13)11-18;/h1-4,14,16-17H,5-12H2;1H. The van der Waals surface area contributed by atoms with Gasteiger partial charge in [0.2, 0.25) is 0 Å². The van der Waals surface area contributed by atoms with E-state index in [-0.39, 0.29) is 12.4 Å². The first-order chi connectivity index (χ1) is 10.6. The first kappa shape index (κ1) is 17.2. The maximum Gasteiger partial charge on any atom is 0.282 e. The van der Waals surface area contributed by atoms with Gasteiger partial charge in [0.05, 0.1) is 0 Å². The first-order valence-corrected chi connectivity index (χ1v) is 9.57. The zero-order valence-corrected chi connectivity index (χ0v) is 14.8. The fourth-order valence-electron chi connectivity index (χ4n) is 4.04. The summed E-state index contributed by atoms with van der Waals surface area (Å²) in [5.74, 6) is 1.15. The SMILES string of the molecule is Cl.O=S(=O)(N1CCc2ccccc2C1)N1CCC2CNCC2C1. The fraction of sp³-hybridized carbons (Fsp3) is 0.625. The molecule has 2 fully saturated rings. The molecule has 4 rings (SSSR count). The smallest absolute Gasteiger partial charge is 0.282 e. The molecule has 1 N–H and O–H groups in total. The van der Waals surface area contributed by atoms with Crippen LogP contribution in [0.4, 0.5) is 0 Å². The normalized spacial score (nSPS) is 28.7. The molecular weight excluding hydrogens is 334 g/mol. The van der Waals surface area contributed by atoms with Gasteiger partial charge < -0.3 is 5.32 Å². The van der Waals surface area contributed by atoms with Gasteiger partial charge in [-0.25, -0.2) is 0 Å². The molecule has 7 heteroatoms. The Morgan fingerprint density at radius 3 is 2.57 bits per heavy atom. The highest BCUT2D eigenvalue weighted by Gasteiger charge is 2.40. The first-order valence-electron chi connectivity index (χ1n) is 8.17. The van der Waals surface area contributed by atoms with Crippen molar-refractivity contribution in [3.05, 3.63) is 35.4 Å². The minimum atomic E-state index is -3.33. The van der Waals surface area contributed by atoms with E-state index in [0.717, 1.165) is 31.5 Å². The van der Waals surface area contributed by atoms with E-state index in [1.165, 1.54) is 5.56 Å². The molecule has 3 aliphatic heterocycles. The van der Waals surface area contributed by atoms with Crippen molar-refractivity contribution in [1.29, 1.82) is 0 Å². The molecule has 5 nitrogen and oxygen atoms in total. The van der Waals surface area contributed by atoms with E-state index < -0.39 is 10.2 Å². The topological polar surface area (TPSA) is 52.7 Å². The number of hydrogen-bond donors (Lipinski definition) is 1. The third kappa shape index (κ3) is 3.15. The lowest BCUT2D eigenvalue weighted by Gasteiger charge is -2.38. The number of nitrogens with one attached hydrogen (secondary N) is 1. The molecule has 0 saturated carbocycles. The largest absolute Gasteiger partial charge is 0.316 e. The Kier molecular flexibility index (Phi) is 4.99. The minimum absolute atomic E-state index is 0. The van der Waals surface area contributed by atoms with Gasteiger partial charge in [0.15, 0.2) is 0 Å². The van der Waals surface area contributed by atoms with Crippen molar-refractivity contribution in [2.45, 2.75) is 19.4 Å². The molecule has 2 atom stereocenters. The van der Waals surface area contributed by atoms with Crippen LogP contribution in [0.15, 0.2) is 24.3 Å². The summed E-state index contributed by atoms with van der Waals surface area (Å²) in [4.78, 5) is 0. The van der Waals surface area contributed by atoms with Crippen LogP contribution in [0.1, 0.15) is 17.5 Å². The Hall–Kier alpha value is -0.660. The number of rotatable bonds is 2. The highest BCUT2D eigenvalue weighted by atomic mass is 35.5. The van der Waals surface area contributed by atoms with Gasteiger partial charge in [-0.3, -0.25) is 0 Å². The molecule has 2 saturated heterocycles. The van der Waals surface area contributed by atoms with E-state index in [9.17, 15) is 8.42 Å². The van der Waals surface area contributed by atoms with E-state index in [4.69, 9.17) is 0 Å². The third-order valence-electron chi connectivity index (χ3n) is 5.42. The molecule has 128 valence electrons. The lowest BCUT2D eigenvalue weighted by atomic mass is 9.90. The second-order valence-electron chi connectivity index (χ2n) is 6.69. The fourth-order valence-corrected chi connectivity index (χ4v) is 5.71. The second kappa shape index (κ2) is 6.69. The zero-order valence-electron chi connectivity index (χ0n) is 13.1. The molecule has 3 aliphatic rings. The molecule has 1 aromatic carbocycles. The molecule has 1 aromatic rings. The summed E-state index contributed by atoms with van der Waals surface area (Å²) >= 11 is 0. The van der Waals surface area contributed by atoms with Crippen LogP contribution >= 0.6 is 12.4 Å². The van der Waals surface area contributed by atoms with Gasteiger partial charge in [-0.05, 0) is 48.9 Å². The number of benzene rings is 1. The summed E-state index contributed by atoms with van der Waals surface area (Å²) in [6, 6.07) is 8.17. The summed E-state index contributed by atoms with van der Waals surface area (Å²) in [5.41, 5.74) is 2.43. The van der Waals surface area contributed by atoms with E-state index in [2.05, 4.69) is 11.4 Å². The maximum absolute atomic E-state index is 13.0. The van der Waals surface area contributed by atoms with Gasteiger partial charge >= 0.3 is 0 Å². The predicted octanol–water partition coefficient (Wildman–Crippen LogP) is 1.25. The summed E-state index contributed by atoms with van der Waals surface area (Å²) in [7, 11) is -3.33. The zero-order chi connectivity index (χ0) is 15.2. The molecular formula is C16H24ClN3O2S. The lowest BCUT2D eigenvalue weighted by Crippen LogP contribution is -2.50. The number of nitrogens with zero attached hydrogens (tertiary/aromatic N) is 2. The number of fused-ring (bicyclic) bond motifs is 2. The third-order valence-corrected chi connectivity index (χ3v) is 7.36. The molecule has 2 unspecified atom stereocenters. The van der Waals surface area contributed by atoms with Crippen molar-refractivity contribution in [2.24, 2.45) is 11.8 Å². The minimum Gasteiger partial charge on any atom is -0.316 e. The summed E-state index contributed by atoms with van der Waals surface area (Å²) < 4.78 is 29.3. The van der Waals surface area contributed by atoms with Gasteiger partial charge in [0.1, 0.15) is 0 Å². The highest BCUT2D eigenvalue weighted by molar-refractivity contribution is 7.86. The quantitative estimate of drug-likeness (QED) is 0.866. The molecule has 0 aromatic heterocycles. The summed E-state index contributed by atoms with van der Waals surface area (Å²) in [6.07, 6.45) is 1.80. The molecule has 0 spiro atoms. The van der Waals surface area contributed by atoms with E-state index >= 15 is 0 Å². The van der Waals surface area contributed by atoms with Gasteiger partial charge in [0.25, 0.3) is 10.2 Å². The number of hydrogen-bond acceptors (Lipinski definition) is 3. The molecule has 0 aliphatic carbocycles. The van der Waals surface area contributed by atoms with Crippen molar-refractivity contribution in [3.63, 3.8) is 0 Å². The van der Waals surface area contributed by atoms with Gasteiger partial charge in [-0.2, -0.15) is 17.0 Å². The molecule has 0 bridgehead atoms. The van der Waals surface area contributed by atoms with Crippen LogP contribution in [0.5, 0.6) is 0 Å². The van der Waals surface area contributed by atoms with Crippen molar-refractivity contribution in [1.82, 2.24) is 13.9 Å². The van der Waals surface area contributed by atoms with Crippen LogP contribution < -0.4 is 5.32 Å². The van der Waals surface area contributed by atoms with E-state index in [1.807, 2.05) is 18.2 Å². The molecule has 0 radical (unpaired) electrons. The molecule has 3 heterocycles. The van der Waals surface area contributed by atoms with Crippen LogP contribution in [0.3, 0.4) is 0 Å². The Bertz CT molecular complexity index is 667. The van der Waals surface area contributed by atoms with Crippen molar-refractivity contribution >= 4 is 22.6 Å². The predicted molar refractivity (Wildman–Crippen MR) is 92.8 cm³/mol. The highest BCUT2D eigenvalue weighted by Crippen LogP contribution is 2.30. The number of piperidine rings is 1. The average Bonchev–Trinajstić information content (AvgIpc) is 3.02. The van der Waals surface area contributed by atoms with E-state index in [1.54, 1.807) is 8.61 Å². The van der Waals surface area contributed by atoms with Crippen molar-refractivity contribution in [3.8, 4) is 0 Å². The van der Waals surface area contributed by atoms with Gasteiger partial charge in [-0.1, -0.05) is 24.3 Å². The van der Waals surface area contributed by atoms with Crippen molar-refractivity contribution in [2.75, 3.05) is 32.7 Å². The average molecular weight is 358 g/mol. The van der Waals surface area contributed by atoms with E-state index in [0.29, 0.717) is 38.0 Å².